The molecule has 1 heterocycles. The van der Waals surface area contributed by atoms with E-state index in [9.17, 15) is 27.2 Å². The van der Waals surface area contributed by atoms with Gasteiger partial charge in [-0.05, 0) is 42.5 Å². The van der Waals surface area contributed by atoms with Crippen LogP contribution in [0.2, 0.25) is 0 Å². The van der Waals surface area contributed by atoms with Gasteiger partial charge in [0.05, 0.1) is 16.8 Å². The highest BCUT2D eigenvalue weighted by Gasteiger charge is 2.36. The quantitative estimate of drug-likeness (QED) is 0.135. The van der Waals surface area contributed by atoms with Gasteiger partial charge in [-0.25, -0.2) is 4.98 Å². The highest BCUT2D eigenvalue weighted by Crippen LogP contribution is 2.38. The Bertz CT molecular complexity index is 942. The number of aromatic nitrogens is 1. The molecule has 0 saturated carbocycles. The third-order valence-corrected chi connectivity index (χ3v) is 6.58. The summed E-state index contributed by atoms with van der Waals surface area (Å²) < 4.78 is 70.1. The number of pyridine rings is 1. The highest BCUT2D eigenvalue weighted by molar-refractivity contribution is 7.99. The number of nitriles is 1. The molecule has 192 valence electrons. The van der Waals surface area contributed by atoms with E-state index in [-0.39, 0.29) is 16.5 Å². The molecule has 35 heavy (non-hydrogen) atoms. The van der Waals surface area contributed by atoms with Crippen molar-refractivity contribution in [2.24, 2.45) is 0 Å². The summed E-state index contributed by atoms with van der Waals surface area (Å²) in [6.45, 7) is -0.807. The van der Waals surface area contributed by atoms with Crippen molar-refractivity contribution < 1.29 is 26.7 Å². The Balaban J connectivity index is 2.02. The topological polar surface area (TPSA) is 45.9 Å². The molecule has 9 heteroatoms. The monoisotopic (exact) mass is 514 g/mol. The Hall–Kier alpha value is -2.34. The lowest BCUT2D eigenvalue weighted by molar-refractivity contribution is -0.138. The molecule has 0 aliphatic rings. The summed E-state index contributed by atoms with van der Waals surface area (Å²) in [6.07, 6.45) is 6.81. The zero-order valence-electron chi connectivity index (χ0n) is 19.8. The number of hydrogen-bond acceptors (Lipinski definition) is 4. The van der Waals surface area contributed by atoms with Gasteiger partial charge in [0.25, 0.3) is 0 Å². The molecular weight excluding hydrogens is 483 g/mol. The number of thioether (sulfide) groups is 1. The average Bonchev–Trinajstić information content (AvgIpc) is 2.81. The Kier molecular flexibility index (Phi) is 12.3. The van der Waals surface area contributed by atoms with E-state index in [0.29, 0.717) is 11.3 Å². The number of ether oxygens (including phenoxy) is 1. The van der Waals surface area contributed by atoms with Gasteiger partial charge in [-0.3, -0.25) is 0 Å². The summed E-state index contributed by atoms with van der Waals surface area (Å²) in [6, 6.07) is 7.70. The largest absolute Gasteiger partial charge is 0.435 e. The van der Waals surface area contributed by atoms with Gasteiger partial charge < -0.3 is 4.74 Å². The molecule has 2 rings (SSSR count). The number of hydrogen-bond donors (Lipinski definition) is 0. The fourth-order valence-electron chi connectivity index (χ4n) is 3.67. The lowest BCUT2D eigenvalue weighted by Crippen LogP contribution is -2.10. The summed E-state index contributed by atoms with van der Waals surface area (Å²) in [5.74, 6) is 0.448. The molecule has 1 aromatic heterocycles. The van der Waals surface area contributed by atoms with Crippen LogP contribution in [0.25, 0.3) is 11.3 Å². The van der Waals surface area contributed by atoms with Crippen molar-refractivity contribution in [3.63, 3.8) is 0 Å². The maximum absolute atomic E-state index is 13.7. The van der Waals surface area contributed by atoms with Gasteiger partial charge in [0.15, 0.2) is 0 Å². The molecule has 0 spiro atoms. The highest BCUT2D eigenvalue weighted by atomic mass is 32.2. The second-order valence-corrected chi connectivity index (χ2v) is 9.36. The lowest BCUT2D eigenvalue weighted by Gasteiger charge is -2.14. The molecular formula is C26H31F5N2OS. The van der Waals surface area contributed by atoms with E-state index in [0.717, 1.165) is 43.5 Å². The summed E-state index contributed by atoms with van der Waals surface area (Å²) in [4.78, 5) is 4.31. The number of alkyl halides is 5. The molecule has 0 atom stereocenters. The fourth-order valence-corrected chi connectivity index (χ4v) is 4.68. The molecule has 0 radical (unpaired) electrons. The minimum atomic E-state index is -4.73. The van der Waals surface area contributed by atoms with E-state index in [1.807, 2.05) is 0 Å². The molecule has 3 nitrogen and oxygen atoms in total. The molecule has 0 bridgehead atoms. The minimum Gasteiger partial charge on any atom is -0.435 e. The van der Waals surface area contributed by atoms with Crippen LogP contribution in [0.4, 0.5) is 22.0 Å². The van der Waals surface area contributed by atoms with Gasteiger partial charge in [0.2, 0.25) is 0 Å². The van der Waals surface area contributed by atoms with Crippen molar-refractivity contribution in [3.8, 4) is 23.1 Å². The Morgan fingerprint density at radius 2 is 1.51 bits per heavy atom. The SMILES string of the molecule is CCCCCCCCCCCCSc1nc(-c2ccc(OC(F)F)cc2)cc(C(F)(F)F)c1C#N. The molecule has 0 fully saturated rings. The van der Waals surface area contributed by atoms with Crippen LogP contribution in [0.5, 0.6) is 5.75 Å². The van der Waals surface area contributed by atoms with Gasteiger partial charge >= 0.3 is 12.8 Å². The normalized spacial score (nSPS) is 11.6. The molecule has 0 N–H and O–H groups in total. The van der Waals surface area contributed by atoms with Gasteiger partial charge in [-0.1, -0.05) is 64.7 Å². The average molecular weight is 515 g/mol. The second kappa shape index (κ2) is 14.9. The lowest BCUT2D eigenvalue weighted by atomic mass is 10.1. The zero-order chi connectivity index (χ0) is 25.7. The summed E-state index contributed by atoms with van der Waals surface area (Å²) in [7, 11) is 0. The molecule has 0 unspecified atom stereocenters. The number of nitrogens with zero attached hydrogens (tertiary/aromatic N) is 2. The van der Waals surface area contributed by atoms with Gasteiger partial charge in [-0.15, -0.1) is 11.8 Å². The van der Waals surface area contributed by atoms with Crippen molar-refractivity contribution >= 4 is 11.8 Å². The number of benzene rings is 1. The summed E-state index contributed by atoms with van der Waals surface area (Å²) in [5, 5.41) is 9.46. The Morgan fingerprint density at radius 1 is 0.943 bits per heavy atom. The van der Waals surface area contributed by atoms with Crippen LogP contribution in [-0.2, 0) is 6.18 Å². The van der Waals surface area contributed by atoms with Gasteiger partial charge in [0, 0.05) is 5.56 Å². The number of unbranched alkanes of at least 4 members (excludes halogenated alkanes) is 9. The van der Waals surface area contributed by atoms with Crippen LogP contribution in [0.3, 0.4) is 0 Å². The predicted molar refractivity (Wildman–Crippen MR) is 129 cm³/mol. The van der Waals surface area contributed by atoms with Crippen molar-refractivity contribution in [1.82, 2.24) is 4.98 Å². The van der Waals surface area contributed by atoms with E-state index >= 15 is 0 Å². The van der Waals surface area contributed by atoms with Crippen molar-refractivity contribution in [1.29, 1.82) is 5.26 Å². The van der Waals surface area contributed by atoms with Gasteiger partial charge in [-0.2, -0.15) is 27.2 Å². The molecule has 0 aliphatic carbocycles. The first kappa shape index (κ1) is 28.9. The second-order valence-electron chi connectivity index (χ2n) is 8.28. The molecule has 1 aromatic carbocycles. The number of rotatable bonds is 15. The van der Waals surface area contributed by atoms with E-state index in [2.05, 4.69) is 16.6 Å². The summed E-state index contributed by atoms with van der Waals surface area (Å²) >= 11 is 1.14. The molecule has 2 aromatic rings. The third kappa shape index (κ3) is 10.0. The summed E-state index contributed by atoms with van der Waals surface area (Å²) in [5.41, 5.74) is -1.22. The third-order valence-electron chi connectivity index (χ3n) is 5.52. The van der Waals surface area contributed by atoms with Crippen LogP contribution in [0, 0.1) is 11.3 Å². The Morgan fingerprint density at radius 3 is 2.03 bits per heavy atom. The molecule has 0 saturated heterocycles. The maximum Gasteiger partial charge on any atom is 0.417 e. The van der Waals surface area contributed by atoms with Crippen molar-refractivity contribution in [2.75, 3.05) is 5.75 Å². The van der Waals surface area contributed by atoms with Crippen LogP contribution in [-0.4, -0.2) is 17.3 Å². The van der Waals surface area contributed by atoms with Crippen molar-refractivity contribution in [2.45, 2.75) is 88.9 Å². The first-order chi connectivity index (χ1) is 16.8. The minimum absolute atomic E-state index is 0.0190. The standard InChI is InChI=1S/C26H31F5N2OS/c1-2-3-4-5-6-7-8-9-10-11-16-35-24-21(18-32)22(26(29,30)31)17-23(33-24)19-12-14-20(15-13-19)34-25(27)28/h12-15,17,25H,2-11,16H2,1H3. The van der Waals surface area contributed by atoms with E-state index in [1.165, 1.54) is 62.8 Å². The smallest absolute Gasteiger partial charge is 0.417 e. The predicted octanol–water partition coefficient (Wildman–Crippen LogP) is 9.25. The van der Waals surface area contributed by atoms with E-state index in [1.54, 1.807) is 6.07 Å². The fraction of sp³-hybridized carbons (Fsp3) is 0.538. The molecule has 0 amide bonds. The van der Waals surface area contributed by atoms with Gasteiger partial charge in [0.1, 0.15) is 16.8 Å². The van der Waals surface area contributed by atoms with E-state index < -0.39 is 23.9 Å². The van der Waals surface area contributed by atoms with Crippen molar-refractivity contribution in [3.05, 3.63) is 41.5 Å². The maximum atomic E-state index is 13.7. The first-order valence-electron chi connectivity index (χ1n) is 12.0. The first-order valence-corrected chi connectivity index (χ1v) is 12.9. The van der Waals surface area contributed by atoms with E-state index in [4.69, 9.17) is 0 Å². The van der Waals surface area contributed by atoms with Crippen LogP contribution in [0.1, 0.15) is 82.3 Å². The van der Waals surface area contributed by atoms with Crippen LogP contribution < -0.4 is 4.74 Å². The zero-order valence-corrected chi connectivity index (χ0v) is 20.7. The molecule has 0 aliphatic heterocycles. The number of halogens is 5. The van der Waals surface area contributed by atoms with Crippen LogP contribution >= 0.6 is 11.8 Å². The van der Waals surface area contributed by atoms with Crippen LogP contribution in [0.15, 0.2) is 35.4 Å². The Labute approximate surface area is 208 Å².